The van der Waals surface area contributed by atoms with Crippen LogP contribution in [0.15, 0.2) is 24.3 Å². The summed E-state index contributed by atoms with van der Waals surface area (Å²) in [6.45, 7) is -2.98. The fourth-order valence-electron chi connectivity index (χ4n) is 0.795. The molecule has 13 heavy (non-hydrogen) atoms. The van der Waals surface area contributed by atoms with E-state index >= 15 is 0 Å². The van der Waals surface area contributed by atoms with Gasteiger partial charge in [0.1, 0.15) is 5.75 Å². The van der Waals surface area contributed by atoms with Gasteiger partial charge in [0.2, 0.25) is 0 Å². The molecule has 0 radical (unpaired) electrons. The maximum absolute atomic E-state index is 12.1. The van der Waals surface area contributed by atoms with E-state index < -0.39 is 12.6 Å². The lowest BCUT2D eigenvalue weighted by Crippen LogP contribution is -2.02. The molecular weight excluding hydrogens is 185 g/mol. The van der Waals surface area contributed by atoms with Crippen molar-refractivity contribution in [3.8, 4) is 5.75 Å². The summed E-state index contributed by atoms with van der Waals surface area (Å²) in [5.74, 6) is -0.237. The van der Waals surface area contributed by atoms with Crippen LogP contribution >= 0.6 is 0 Å². The molecular formula is C8H5F3O2. The van der Waals surface area contributed by atoms with Crippen molar-refractivity contribution in [2.24, 2.45) is 0 Å². The quantitative estimate of drug-likeness (QED) is 0.684. The van der Waals surface area contributed by atoms with Crippen LogP contribution in [0.25, 0.3) is 0 Å². The molecule has 1 aromatic rings. The maximum Gasteiger partial charge on any atom is 0.387 e. The summed E-state index contributed by atoms with van der Waals surface area (Å²) in [5, 5.41) is 0. The summed E-state index contributed by atoms with van der Waals surface area (Å²) in [6, 6.07) is 2.86. The van der Waals surface area contributed by atoms with Crippen molar-refractivity contribution in [1.29, 1.82) is 0 Å². The van der Waals surface area contributed by atoms with E-state index in [0.717, 1.165) is 6.07 Å². The molecule has 1 rings (SSSR count). The van der Waals surface area contributed by atoms with Crippen LogP contribution in [0.4, 0.5) is 13.2 Å². The standard InChI is InChI=1S/C8H5F3O2/c9-7(12)5-2-1-3-6(4-5)13-8(10)11/h1-4,8H. The Hall–Kier alpha value is -1.52. The Morgan fingerprint density at radius 1 is 1.38 bits per heavy atom. The van der Waals surface area contributed by atoms with Crippen molar-refractivity contribution in [3.05, 3.63) is 29.8 Å². The molecule has 5 heteroatoms. The Bertz CT molecular complexity index is 312. The van der Waals surface area contributed by atoms with E-state index in [2.05, 4.69) is 4.74 Å². The minimum atomic E-state index is -2.98. The molecule has 0 atom stereocenters. The summed E-state index contributed by atoms with van der Waals surface area (Å²) >= 11 is 0. The van der Waals surface area contributed by atoms with Crippen molar-refractivity contribution in [1.82, 2.24) is 0 Å². The van der Waals surface area contributed by atoms with Crippen LogP contribution in [0, 0.1) is 0 Å². The molecule has 0 aliphatic rings. The third-order valence-electron chi connectivity index (χ3n) is 1.29. The van der Waals surface area contributed by atoms with Crippen LogP contribution < -0.4 is 4.74 Å². The van der Waals surface area contributed by atoms with Crippen molar-refractivity contribution >= 4 is 6.04 Å². The molecule has 0 aromatic heterocycles. The van der Waals surface area contributed by atoms with Crippen molar-refractivity contribution in [2.45, 2.75) is 6.61 Å². The molecule has 0 bridgehead atoms. The Kier molecular flexibility index (Phi) is 2.89. The van der Waals surface area contributed by atoms with Gasteiger partial charge < -0.3 is 4.74 Å². The molecule has 0 amide bonds. The highest BCUT2D eigenvalue weighted by molar-refractivity contribution is 5.88. The Balaban J connectivity index is 2.85. The predicted molar refractivity (Wildman–Crippen MR) is 38.5 cm³/mol. The first-order valence-corrected chi connectivity index (χ1v) is 3.34. The molecule has 2 nitrogen and oxygen atoms in total. The summed E-state index contributed by atoms with van der Waals surface area (Å²) in [4.78, 5) is 10.2. The lowest BCUT2D eigenvalue weighted by atomic mass is 10.2. The zero-order valence-corrected chi connectivity index (χ0v) is 6.34. The number of carbonyl (C=O) groups excluding carboxylic acids is 1. The smallest absolute Gasteiger partial charge is 0.387 e. The van der Waals surface area contributed by atoms with Crippen molar-refractivity contribution < 1.29 is 22.7 Å². The molecule has 0 saturated carbocycles. The monoisotopic (exact) mass is 190 g/mol. The Morgan fingerprint density at radius 2 is 2.08 bits per heavy atom. The van der Waals surface area contributed by atoms with E-state index in [0.29, 0.717) is 0 Å². The number of hydrogen-bond donors (Lipinski definition) is 0. The number of alkyl halides is 2. The van der Waals surface area contributed by atoms with Gasteiger partial charge in [0, 0.05) is 0 Å². The molecule has 1 aromatic carbocycles. The predicted octanol–water partition coefficient (Wildman–Crippen LogP) is 2.40. The highest BCUT2D eigenvalue weighted by Crippen LogP contribution is 2.16. The Morgan fingerprint density at radius 3 is 2.62 bits per heavy atom. The van der Waals surface area contributed by atoms with Crippen LogP contribution in [-0.2, 0) is 0 Å². The van der Waals surface area contributed by atoms with Crippen LogP contribution in [0.3, 0.4) is 0 Å². The molecule has 0 N–H and O–H groups in total. The van der Waals surface area contributed by atoms with Gasteiger partial charge in [-0.1, -0.05) is 6.07 Å². The van der Waals surface area contributed by atoms with Gasteiger partial charge in [-0.3, -0.25) is 4.79 Å². The fourth-order valence-corrected chi connectivity index (χ4v) is 0.795. The third kappa shape index (κ3) is 2.77. The van der Waals surface area contributed by atoms with Gasteiger partial charge in [-0.15, -0.1) is 0 Å². The van der Waals surface area contributed by atoms with Crippen molar-refractivity contribution in [2.75, 3.05) is 0 Å². The van der Waals surface area contributed by atoms with Gasteiger partial charge >= 0.3 is 12.6 Å². The average Bonchev–Trinajstić information content (AvgIpc) is 2.03. The molecule has 0 saturated heterocycles. The number of rotatable bonds is 3. The number of carbonyl (C=O) groups is 1. The largest absolute Gasteiger partial charge is 0.435 e. The maximum atomic E-state index is 12.1. The number of halogens is 3. The lowest BCUT2D eigenvalue weighted by Gasteiger charge is -2.03. The van der Waals surface area contributed by atoms with E-state index in [1.165, 1.54) is 18.2 Å². The molecule has 0 aliphatic heterocycles. The zero-order valence-electron chi connectivity index (χ0n) is 6.34. The van der Waals surface area contributed by atoms with Crippen LogP contribution in [0.5, 0.6) is 5.75 Å². The van der Waals surface area contributed by atoms with Gasteiger partial charge in [0.05, 0.1) is 5.56 Å². The number of benzene rings is 1. The highest BCUT2D eigenvalue weighted by Gasteiger charge is 2.07. The van der Waals surface area contributed by atoms with Gasteiger partial charge in [-0.05, 0) is 18.2 Å². The number of hydrogen-bond acceptors (Lipinski definition) is 2. The van der Waals surface area contributed by atoms with E-state index in [9.17, 15) is 18.0 Å². The summed E-state index contributed by atoms with van der Waals surface area (Å²) in [5.41, 5.74) is -0.307. The summed E-state index contributed by atoms with van der Waals surface area (Å²) < 4.78 is 39.3. The van der Waals surface area contributed by atoms with Gasteiger partial charge in [0.25, 0.3) is 0 Å². The second kappa shape index (κ2) is 3.93. The molecule has 0 unspecified atom stereocenters. The van der Waals surface area contributed by atoms with E-state index in [1.807, 2.05) is 0 Å². The topological polar surface area (TPSA) is 26.3 Å². The normalized spacial score (nSPS) is 10.2. The van der Waals surface area contributed by atoms with E-state index in [1.54, 1.807) is 0 Å². The third-order valence-corrected chi connectivity index (χ3v) is 1.29. The second-order valence-electron chi connectivity index (χ2n) is 2.18. The first kappa shape index (κ1) is 9.57. The van der Waals surface area contributed by atoms with Crippen molar-refractivity contribution in [3.63, 3.8) is 0 Å². The van der Waals surface area contributed by atoms with Crippen LogP contribution in [0.1, 0.15) is 10.4 Å². The van der Waals surface area contributed by atoms with E-state index in [4.69, 9.17) is 0 Å². The van der Waals surface area contributed by atoms with Gasteiger partial charge in [-0.2, -0.15) is 13.2 Å². The minimum absolute atomic E-state index is 0.237. The second-order valence-corrected chi connectivity index (χ2v) is 2.18. The number of ether oxygens (including phenoxy) is 1. The van der Waals surface area contributed by atoms with E-state index in [-0.39, 0.29) is 11.3 Å². The summed E-state index contributed by atoms with van der Waals surface area (Å²) in [6.07, 6.45) is 0. The van der Waals surface area contributed by atoms with Gasteiger partial charge in [0.15, 0.2) is 0 Å². The molecule has 0 fully saturated rings. The molecule has 0 spiro atoms. The van der Waals surface area contributed by atoms with Crippen LogP contribution in [-0.4, -0.2) is 12.6 Å². The summed E-state index contributed by atoms with van der Waals surface area (Å²) in [7, 11) is 0. The van der Waals surface area contributed by atoms with Crippen LogP contribution in [0.2, 0.25) is 0 Å². The molecule has 0 heterocycles. The first-order chi connectivity index (χ1) is 6.09. The minimum Gasteiger partial charge on any atom is -0.435 e. The SMILES string of the molecule is O=C(F)c1cccc(OC(F)F)c1. The zero-order chi connectivity index (χ0) is 9.84. The first-order valence-electron chi connectivity index (χ1n) is 3.34. The lowest BCUT2D eigenvalue weighted by molar-refractivity contribution is -0.0499. The van der Waals surface area contributed by atoms with Gasteiger partial charge in [-0.25, -0.2) is 0 Å². The molecule has 70 valence electrons. The Labute approximate surface area is 71.9 Å². The highest BCUT2D eigenvalue weighted by atomic mass is 19.3. The fraction of sp³-hybridized carbons (Fsp3) is 0.125. The average molecular weight is 190 g/mol. The molecule has 0 aliphatic carbocycles.